The smallest absolute Gasteiger partial charge is 0.0865 e. The zero-order chi connectivity index (χ0) is 16.3. The van der Waals surface area contributed by atoms with Gasteiger partial charge < -0.3 is 23.2 Å². The van der Waals surface area contributed by atoms with Gasteiger partial charge in [-0.2, -0.15) is 0 Å². The summed E-state index contributed by atoms with van der Waals surface area (Å²) in [4.78, 5) is 0. The molecule has 23 heavy (non-hydrogen) atoms. The number of unbranched alkanes of at least 4 members (excludes halogenated alkanes) is 14. The molecule has 0 bridgehead atoms. The molecule has 2 nitrogen and oxygen atoms in total. The second-order valence-corrected chi connectivity index (χ2v) is 7.12. The minimum atomic E-state index is 0. The van der Waals surface area contributed by atoms with Gasteiger partial charge in [-0.05, 0) is 12.8 Å². The van der Waals surface area contributed by atoms with E-state index in [0.29, 0.717) is 12.6 Å². The van der Waals surface area contributed by atoms with E-state index in [0.717, 1.165) is 6.42 Å². The third-order valence-electron chi connectivity index (χ3n) is 4.75. The van der Waals surface area contributed by atoms with Crippen LogP contribution in [0.1, 0.15) is 116 Å². The van der Waals surface area contributed by atoms with Crippen molar-refractivity contribution in [2.75, 3.05) is 6.61 Å². The molecule has 0 aliphatic carbocycles. The molecule has 0 radical (unpaired) electrons. The van der Waals surface area contributed by atoms with Crippen molar-refractivity contribution in [3.05, 3.63) is 0 Å². The van der Waals surface area contributed by atoms with Gasteiger partial charge in [0.25, 0.3) is 0 Å². The maximum Gasteiger partial charge on any atom is 0.0865 e. The lowest BCUT2D eigenvalue weighted by atomic mass is 10.0. The van der Waals surface area contributed by atoms with Gasteiger partial charge in [0.15, 0.2) is 0 Å². The number of hydrogen-bond acceptors (Lipinski definition) is 1. The Bertz CT molecular complexity index is 202. The molecule has 0 amide bonds. The van der Waals surface area contributed by atoms with E-state index in [1.165, 1.54) is 103 Å². The van der Waals surface area contributed by atoms with Crippen molar-refractivity contribution in [3.63, 3.8) is 0 Å². The molecule has 0 aromatic carbocycles. The van der Waals surface area contributed by atoms with Crippen molar-refractivity contribution < 1.29 is 23.2 Å². The predicted molar refractivity (Wildman–Crippen MR) is 97.9 cm³/mol. The number of quaternary nitrogens is 1. The maximum atomic E-state index is 8.82. The number of hydrogen-bond donors (Lipinski definition) is 2. The molecule has 4 N–H and O–H groups in total. The number of aliphatic hydroxyl groups is 1. The molecule has 0 aliphatic heterocycles. The van der Waals surface area contributed by atoms with E-state index in [1.807, 2.05) is 0 Å². The van der Waals surface area contributed by atoms with E-state index < -0.39 is 0 Å². The quantitative estimate of drug-likeness (QED) is 0.366. The second-order valence-electron chi connectivity index (χ2n) is 7.12. The van der Waals surface area contributed by atoms with Crippen LogP contribution in [0.4, 0.5) is 0 Å². The summed E-state index contributed by atoms with van der Waals surface area (Å²) in [7, 11) is 0. The monoisotopic (exact) mass is 349 g/mol. The molecule has 0 aromatic rings. The lowest BCUT2D eigenvalue weighted by Crippen LogP contribution is -3.00. The fourth-order valence-electron chi connectivity index (χ4n) is 3.13. The highest BCUT2D eigenvalue weighted by molar-refractivity contribution is 4.54. The molecule has 0 heterocycles. The standard InChI is InChI=1S/C20H43NO.ClH/c1-2-3-4-5-6-7-8-9-10-11-12-13-14-15-16-17-20(21)18-19-22;/h20,22H,2-19,21H2,1H3;1H. The minimum absolute atomic E-state index is 0. The van der Waals surface area contributed by atoms with Crippen molar-refractivity contribution in [1.29, 1.82) is 0 Å². The summed E-state index contributed by atoms with van der Waals surface area (Å²) in [6, 6.07) is 0.465. The van der Waals surface area contributed by atoms with Crippen LogP contribution >= 0.6 is 0 Å². The first-order chi connectivity index (χ1) is 10.8. The van der Waals surface area contributed by atoms with E-state index >= 15 is 0 Å². The van der Waals surface area contributed by atoms with Crippen LogP contribution in [0.3, 0.4) is 0 Å². The van der Waals surface area contributed by atoms with E-state index in [1.54, 1.807) is 0 Å². The topological polar surface area (TPSA) is 47.9 Å². The third kappa shape index (κ3) is 22.2. The number of rotatable bonds is 18. The predicted octanol–water partition coefficient (Wildman–Crippen LogP) is 2.24. The Balaban J connectivity index is 0. The van der Waals surface area contributed by atoms with Crippen LogP contribution in [-0.2, 0) is 0 Å². The highest BCUT2D eigenvalue weighted by Gasteiger charge is 2.03. The van der Waals surface area contributed by atoms with E-state index in [4.69, 9.17) is 5.11 Å². The van der Waals surface area contributed by atoms with Gasteiger partial charge >= 0.3 is 0 Å². The molecule has 0 saturated carbocycles. The van der Waals surface area contributed by atoms with Crippen LogP contribution in [0.2, 0.25) is 0 Å². The van der Waals surface area contributed by atoms with Crippen LogP contribution in [0.5, 0.6) is 0 Å². The lowest BCUT2D eigenvalue weighted by Gasteiger charge is -2.06. The van der Waals surface area contributed by atoms with E-state index in [-0.39, 0.29) is 12.4 Å². The zero-order valence-electron chi connectivity index (χ0n) is 15.8. The Hall–Kier alpha value is 0.210. The van der Waals surface area contributed by atoms with Crippen molar-refractivity contribution in [1.82, 2.24) is 0 Å². The average Bonchev–Trinajstić information content (AvgIpc) is 2.51. The first-order valence-electron chi connectivity index (χ1n) is 10.2. The van der Waals surface area contributed by atoms with Crippen LogP contribution in [0, 0.1) is 0 Å². The second kappa shape index (κ2) is 22.2. The van der Waals surface area contributed by atoms with Crippen LogP contribution in [-0.4, -0.2) is 17.8 Å². The highest BCUT2D eigenvalue weighted by Crippen LogP contribution is 2.13. The number of halogens is 1. The fourth-order valence-corrected chi connectivity index (χ4v) is 3.13. The molecule has 0 rings (SSSR count). The molecule has 0 saturated heterocycles. The Morgan fingerprint density at radius 1 is 0.609 bits per heavy atom. The van der Waals surface area contributed by atoms with Gasteiger partial charge in [-0.3, -0.25) is 0 Å². The van der Waals surface area contributed by atoms with Crippen molar-refractivity contribution in [2.24, 2.45) is 0 Å². The van der Waals surface area contributed by atoms with E-state index in [2.05, 4.69) is 12.7 Å². The summed E-state index contributed by atoms with van der Waals surface area (Å²) in [5.74, 6) is 0. The summed E-state index contributed by atoms with van der Waals surface area (Å²) in [6.45, 7) is 2.59. The van der Waals surface area contributed by atoms with Crippen LogP contribution < -0.4 is 18.1 Å². The summed E-state index contributed by atoms with van der Waals surface area (Å²) in [6.07, 6.45) is 23.4. The van der Waals surface area contributed by atoms with Crippen molar-refractivity contribution in [3.8, 4) is 0 Å². The summed E-state index contributed by atoms with van der Waals surface area (Å²) in [5.41, 5.74) is 4.07. The fraction of sp³-hybridized carbons (Fsp3) is 1.00. The Kier molecular flexibility index (Phi) is 24.6. The summed E-state index contributed by atoms with van der Waals surface area (Å²) < 4.78 is 0. The van der Waals surface area contributed by atoms with Crippen LogP contribution in [0.15, 0.2) is 0 Å². The van der Waals surface area contributed by atoms with E-state index in [9.17, 15) is 0 Å². The molecule has 3 heteroatoms. The zero-order valence-corrected chi connectivity index (χ0v) is 16.6. The van der Waals surface area contributed by atoms with Gasteiger partial charge in [-0.15, -0.1) is 0 Å². The average molecular weight is 350 g/mol. The Morgan fingerprint density at radius 3 is 1.30 bits per heavy atom. The van der Waals surface area contributed by atoms with Crippen molar-refractivity contribution >= 4 is 0 Å². The van der Waals surface area contributed by atoms with Gasteiger partial charge in [0.1, 0.15) is 0 Å². The molecule has 142 valence electrons. The first kappa shape index (κ1) is 25.5. The maximum absolute atomic E-state index is 8.82. The molecule has 1 unspecified atom stereocenters. The highest BCUT2D eigenvalue weighted by atomic mass is 35.5. The Labute approximate surface area is 152 Å². The molecule has 0 aromatic heterocycles. The molecular weight excluding hydrogens is 306 g/mol. The van der Waals surface area contributed by atoms with Gasteiger partial charge in [0.2, 0.25) is 0 Å². The Morgan fingerprint density at radius 2 is 0.957 bits per heavy atom. The van der Waals surface area contributed by atoms with Gasteiger partial charge in [-0.25, -0.2) is 0 Å². The normalized spacial score (nSPS) is 12.1. The molecular formula is C20H44ClNO. The van der Waals surface area contributed by atoms with Crippen LogP contribution in [0.25, 0.3) is 0 Å². The van der Waals surface area contributed by atoms with Gasteiger partial charge in [-0.1, -0.05) is 96.8 Å². The third-order valence-corrected chi connectivity index (χ3v) is 4.75. The minimum Gasteiger partial charge on any atom is -1.00 e. The largest absolute Gasteiger partial charge is 1.00 e. The molecule has 0 aliphatic rings. The van der Waals surface area contributed by atoms with Gasteiger partial charge in [0, 0.05) is 13.0 Å². The molecule has 0 spiro atoms. The number of aliphatic hydroxyl groups excluding tert-OH is 1. The molecule has 1 atom stereocenters. The lowest BCUT2D eigenvalue weighted by molar-refractivity contribution is -0.423. The first-order valence-corrected chi connectivity index (χ1v) is 10.2. The van der Waals surface area contributed by atoms with Gasteiger partial charge in [0.05, 0.1) is 6.04 Å². The summed E-state index contributed by atoms with van der Waals surface area (Å²) in [5, 5.41) is 8.82. The SMILES string of the molecule is CCCCCCCCCCCCCCCCCC([NH3+])CCO.[Cl-]. The summed E-state index contributed by atoms with van der Waals surface area (Å²) >= 11 is 0. The van der Waals surface area contributed by atoms with Crippen molar-refractivity contribution in [2.45, 2.75) is 122 Å². The molecule has 0 fully saturated rings.